The van der Waals surface area contributed by atoms with Crippen LogP contribution in [0.4, 0.5) is 0 Å². The van der Waals surface area contributed by atoms with E-state index in [-0.39, 0.29) is 22.4 Å². The molecule has 0 N–H and O–H groups in total. The summed E-state index contributed by atoms with van der Waals surface area (Å²) in [7, 11) is 0. The Hall–Kier alpha value is 1.79. The van der Waals surface area contributed by atoms with Gasteiger partial charge in [-0.3, -0.25) is 0 Å². The molecule has 0 aromatic heterocycles. The summed E-state index contributed by atoms with van der Waals surface area (Å²) in [4.78, 5) is 0. The molecule has 248 valence electrons. The van der Waals surface area contributed by atoms with Crippen molar-refractivity contribution in [3.05, 3.63) is 0 Å². The molecule has 0 rings (SSSR count). The second kappa shape index (κ2) is 53.4. The summed E-state index contributed by atoms with van der Waals surface area (Å²) < 4.78 is 0. The number of unbranched alkanes of at least 4 members (excludes halogenated alkanes) is 27. The van der Waals surface area contributed by atoms with Crippen LogP contribution in [0.3, 0.4) is 0 Å². The second-order valence-corrected chi connectivity index (χ2v) is 12.9. The van der Waals surface area contributed by atoms with Gasteiger partial charge in [-0.25, -0.2) is 0 Å². The number of rotatable bonds is 30. The van der Waals surface area contributed by atoms with Crippen LogP contribution < -0.4 is 0 Å². The molecule has 0 unspecified atom stereocenters. The van der Waals surface area contributed by atoms with Gasteiger partial charge in [0, 0.05) is 0 Å². The fourth-order valence-electron chi connectivity index (χ4n) is 4.77. The third-order valence-corrected chi connectivity index (χ3v) is 8.36. The number of hydrogen-bond acceptors (Lipinski definition) is 3. The Balaban J connectivity index is -0.000000240. The van der Waals surface area contributed by atoms with E-state index in [1.807, 2.05) is 0 Å². The molecule has 0 saturated carbocycles. The first kappa shape index (κ1) is 48.7. The summed E-state index contributed by atoms with van der Waals surface area (Å²) in [5, 5.41) is 0. The van der Waals surface area contributed by atoms with Crippen LogP contribution in [0.15, 0.2) is 0 Å². The van der Waals surface area contributed by atoms with Crippen molar-refractivity contribution in [1.29, 1.82) is 0 Å². The standard InChI is InChI=1S/3C12H26S.Au/c3*1-2-3-4-5-6-7-8-9-10-11-12-13;/h3*13H,2-12H2,1H3;/q;;;+3/p-3. The molecule has 0 bridgehead atoms. The molecule has 4 heteroatoms. The molecule has 40 heavy (non-hydrogen) atoms. The quantitative estimate of drug-likeness (QED) is 0.0403. The predicted molar refractivity (Wildman–Crippen MR) is 192 cm³/mol. The maximum Gasteiger partial charge on any atom is 3.00 e. The van der Waals surface area contributed by atoms with E-state index in [2.05, 4.69) is 20.8 Å². The summed E-state index contributed by atoms with van der Waals surface area (Å²) in [5.74, 6) is 2.86. The molecule has 0 aromatic carbocycles. The minimum atomic E-state index is 0. The van der Waals surface area contributed by atoms with Crippen molar-refractivity contribution in [2.24, 2.45) is 0 Å². The third kappa shape index (κ3) is 59.2. The molecular formula is C36H75AuS3. The first-order valence-corrected chi connectivity index (χ1v) is 19.7. The molecule has 0 saturated heterocycles. The first-order valence-electron chi connectivity index (χ1n) is 18.0. The summed E-state index contributed by atoms with van der Waals surface area (Å²) >= 11 is 14.7. The van der Waals surface area contributed by atoms with E-state index < -0.39 is 0 Å². The maximum atomic E-state index is 4.90. The Labute approximate surface area is 289 Å². The Morgan fingerprint density at radius 1 is 0.225 bits per heavy atom. The van der Waals surface area contributed by atoms with Crippen molar-refractivity contribution < 1.29 is 22.4 Å². The Kier molecular flexibility index (Phi) is 64.9. The van der Waals surface area contributed by atoms with Crippen LogP contribution in [0.1, 0.15) is 213 Å². The largest absolute Gasteiger partial charge is 3.00 e. The minimum absolute atomic E-state index is 0. The summed E-state index contributed by atoms with van der Waals surface area (Å²) in [6.07, 6.45) is 42.1. The normalized spacial score (nSPS) is 10.3. The SMILES string of the molecule is CCCCCCCCCCCC[S-].CCCCCCCCCCCC[S-].CCCCCCCCCCCC[S-].[Au+3]. The van der Waals surface area contributed by atoms with Gasteiger partial charge in [0.1, 0.15) is 0 Å². The summed E-state index contributed by atoms with van der Waals surface area (Å²) in [6, 6.07) is 0. The molecule has 0 heterocycles. The minimum Gasteiger partial charge on any atom is -0.793 e. The van der Waals surface area contributed by atoms with Gasteiger partial charge in [-0.15, -0.1) is 0 Å². The Bertz CT molecular complexity index is 273. The van der Waals surface area contributed by atoms with Crippen LogP contribution in [-0.4, -0.2) is 17.3 Å². The van der Waals surface area contributed by atoms with Crippen LogP contribution in [0.2, 0.25) is 0 Å². The van der Waals surface area contributed by atoms with Crippen molar-refractivity contribution in [1.82, 2.24) is 0 Å². The van der Waals surface area contributed by atoms with E-state index >= 15 is 0 Å². The van der Waals surface area contributed by atoms with Crippen molar-refractivity contribution in [3.8, 4) is 0 Å². The number of hydrogen-bond donors (Lipinski definition) is 0. The van der Waals surface area contributed by atoms with Crippen LogP contribution in [0.25, 0.3) is 0 Å². The first-order chi connectivity index (χ1) is 19.2. The zero-order valence-corrected chi connectivity index (χ0v) is 32.5. The second-order valence-electron chi connectivity index (χ2n) is 11.7. The van der Waals surface area contributed by atoms with Crippen LogP contribution >= 0.6 is 0 Å². The molecule has 0 aliphatic rings. The van der Waals surface area contributed by atoms with Gasteiger partial charge in [0.15, 0.2) is 0 Å². The van der Waals surface area contributed by atoms with E-state index in [0.29, 0.717) is 0 Å². The van der Waals surface area contributed by atoms with Crippen LogP contribution in [0, 0.1) is 0 Å². The van der Waals surface area contributed by atoms with Crippen molar-refractivity contribution in [2.45, 2.75) is 213 Å². The van der Waals surface area contributed by atoms with E-state index in [9.17, 15) is 0 Å². The van der Waals surface area contributed by atoms with Gasteiger partial charge in [-0.05, 0) is 0 Å². The van der Waals surface area contributed by atoms with Crippen molar-refractivity contribution >= 4 is 37.9 Å². The smallest absolute Gasteiger partial charge is 0.793 e. The van der Waals surface area contributed by atoms with Gasteiger partial charge < -0.3 is 37.9 Å². The monoisotopic (exact) mass is 800 g/mol. The molecule has 0 amide bonds. The van der Waals surface area contributed by atoms with Gasteiger partial charge in [0.2, 0.25) is 0 Å². The van der Waals surface area contributed by atoms with Gasteiger partial charge in [0.05, 0.1) is 0 Å². The van der Waals surface area contributed by atoms with Crippen molar-refractivity contribution in [2.75, 3.05) is 17.3 Å². The van der Waals surface area contributed by atoms with Crippen LogP contribution in [0.5, 0.6) is 0 Å². The van der Waals surface area contributed by atoms with Gasteiger partial charge in [-0.1, -0.05) is 213 Å². The van der Waals surface area contributed by atoms with Gasteiger partial charge in [0.25, 0.3) is 0 Å². The van der Waals surface area contributed by atoms with E-state index in [1.54, 1.807) is 0 Å². The van der Waals surface area contributed by atoms with E-state index in [4.69, 9.17) is 37.9 Å². The fourth-order valence-corrected chi connectivity index (χ4v) is 5.38. The zero-order valence-electron chi connectivity index (χ0n) is 27.9. The average Bonchev–Trinajstić information content (AvgIpc) is 2.95. The van der Waals surface area contributed by atoms with Crippen LogP contribution in [-0.2, 0) is 60.3 Å². The Morgan fingerprint density at radius 2 is 0.350 bits per heavy atom. The molecule has 0 nitrogen and oxygen atoms in total. The molecule has 0 spiro atoms. The van der Waals surface area contributed by atoms with E-state index in [1.165, 1.54) is 193 Å². The van der Waals surface area contributed by atoms with E-state index in [0.717, 1.165) is 17.3 Å². The molecule has 0 aromatic rings. The molecule has 0 radical (unpaired) electrons. The molecule has 0 fully saturated rings. The molecule has 0 atom stereocenters. The maximum absolute atomic E-state index is 4.90. The van der Waals surface area contributed by atoms with Gasteiger partial charge >= 0.3 is 22.4 Å². The topological polar surface area (TPSA) is 0 Å². The van der Waals surface area contributed by atoms with Gasteiger partial charge in [-0.2, -0.15) is 17.3 Å². The molecular weight excluding hydrogens is 726 g/mol. The summed E-state index contributed by atoms with van der Waals surface area (Å²) in [5.41, 5.74) is 0. The molecule has 0 aliphatic carbocycles. The zero-order chi connectivity index (χ0) is 29.3. The average molecular weight is 801 g/mol. The molecule has 0 aliphatic heterocycles. The van der Waals surface area contributed by atoms with Crippen molar-refractivity contribution in [3.63, 3.8) is 0 Å². The Morgan fingerprint density at radius 3 is 0.475 bits per heavy atom. The summed E-state index contributed by atoms with van der Waals surface area (Å²) in [6.45, 7) is 6.82. The third-order valence-electron chi connectivity index (χ3n) is 7.49. The fraction of sp³-hybridized carbons (Fsp3) is 1.00. The predicted octanol–water partition coefficient (Wildman–Crippen LogP) is 13.4.